The van der Waals surface area contributed by atoms with E-state index in [2.05, 4.69) is 15.6 Å². The zero-order valence-corrected chi connectivity index (χ0v) is 19.2. The van der Waals surface area contributed by atoms with E-state index in [-0.39, 0.29) is 24.1 Å². The fourth-order valence-corrected chi connectivity index (χ4v) is 4.31. The van der Waals surface area contributed by atoms with E-state index in [0.29, 0.717) is 54.1 Å². The largest absolute Gasteiger partial charge is 0.459 e. The Hall–Kier alpha value is -3.37. The maximum atomic E-state index is 12.8. The zero-order valence-electron chi connectivity index (χ0n) is 17.6. The first-order valence-electron chi connectivity index (χ1n) is 10.4. The summed E-state index contributed by atoms with van der Waals surface area (Å²) in [7, 11) is 0. The molecule has 0 aliphatic carbocycles. The Morgan fingerprint density at radius 1 is 1.06 bits per heavy atom. The summed E-state index contributed by atoms with van der Waals surface area (Å²) < 4.78 is 5.06. The van der Waals surface area contributed by atoms with E-state index in [1.165, 1.54) is 17.6 Å². The number of furan rings is 1. The number of hydrogen-bond donors (Lipinski definition) is 2. The minimum atomic E-state index is -0.393. The number of anilines is 2. The normalized spacial score (nSPS) is 14.0. The van der Waals surface area contributed by atoms with Crippen molar-refractivity contribution in [3.8, 4) is 0 Å². The Kier molecular flexibility index (Phi) is 7.26. The predicted molar refractivity (Wildman–Crippen MR) is 126 cm³/mol. The number of benzene rings is 1. The number of hydrogen-bond acceptors (Lipinski definition) is 6. The second kappa shape index (κ2) is 10.5. The summed E-state index contributed by atoms with van der Waals surface area (Å²) >= 11 is 7.22. The smallest absolute Gasteiger partial charge is 0.321 e. The maximum absolute atomic E-state index is 12.8. The average molecular weight is 488 g/mol. The van der Waals surface area contributed by atoms with Crippen molar-refractivity contribution in [3.63, 3.8) is 0 Å². The topological polar surface area (TPSA) is 108 Å². The van der Waals surface area contributed by atoms with Crippen LogP contribution < -0.4 is 10.6 Å². The highest BCUT2D eigenvalue weighted by atomic mass is 35.5. The van der Waals surface area contributed by atoms with Gasteiger partial charge < -0.3 is 19.5 Å². The monoisotopic (exact) mass is 487 g/mol. The van der Waals surface area contributed by atoms with Crippen LogP contribution in [-0.4, -0.2) is 58.8 Å². The molecule has 3 aromatic rings. The van der Waals surface area contributed by atoms with Gasteiger partial charge in [-0.15, -0.1) is 11.3 Å². The third-order valence-corrected chi connectivity index (χ3v) is 6.10. The second-order valence-corrected chi connectivity index (χ2v) is 8.71. The average Bonchev–Trinajstić information content (AvgIpc) is 3.41. The molecule has 4 amide bonds. The van der Waals surface area contributed by atoms with E-state index >= 15 is 0 Å². The van der Waals surface area contributed by atoms with Crippen molar-refractivity contribution in [2.75, 3.05) is 36.8 Å². The molecule has 11 heteroatoms. The molecule has 0 atom stereocenters. The molecule has 0 unspecified atom stereocenters. The maximum Gasteiger partial charge on any atom is 0.321 e. The predicted octanol–water partition coefficient (Wildman–Crippen LogP) is 3.95. The second-order valence-electron chi connectivity index (χ2n) is 7.41. The van der Waals surface area contributed by atoms with Crippen LogP contribution in [0.15, 0.2) is 52.5 Å². The fourth-order valence-electron chi connectivity index (χ4n) is 3.42. The van der Waals surface area contributed by atoms with Crippen molar-refractivity contribution in [1.82, 2.24) is 14.8 Å². The van der Waals surface area contributed by atoms with Crippen molar-refractivity contribution in [2.24, 2.45) is 0 Å². The van der Waals surface area contributed by atoms with Crippen LogP contribution in [0.1, 0.15) is 22.7 Å². The summed E-state index contributed by atoms with van der Waals surface area (Å²) in [6.07, 6.45) is 2.22. The number of rotatable bonds is 5. The SMILES string of the molecule is O=C(Nc1nc(CC(=O)N2CCCN(C(=O)Nc3cccc(Cl)c3)CC2)cs1)c1ccco1. The summed E-state index contributed by atoms with van der Waals surface area (Å²) in [6.45, 7) is 1.98. The standard InChI is InChI=1S/C22H22ClN5O4S/c23-15-4-1-5-16(12-15)25-22(31)28-8-3-7-27(9-10-28)19(29)13-17-14-33-21(24-17)26-20(30)18-6-2-11-32-18/h1-2,4-6,11-12,14H,3,7-10,13H2,(H,25,31)(H,24,26,30). The number of halogens is 1. The van der Waals surface area contributed by atoms with E-state index in [1.807, 2.05) is 0 Å². The van der Waals surface area contributed by atoms with Crippen molar-refractivity contribution in [2.45, 2.75) is 12.8 Å². The molecule has 1 aliphatic heterocycles. The number of urea groups is 1. The molecule has 0 spiro atoms. The van der Waals surface area contributed by atoms with Gasteiger partial charge in [-0.2, -0.15) is 0 Å². The molecule has 0 bridgehead atoms. The van der Waals surface area contributed by atoms with E-state index in [1.54, 1.807) is 51.6 Å². The molecule has 3 heterocycles. The van der Waals surface area contributed by atoms with Crippen molar-refractivity contribution < 1.29 is 18.8 Å². The zero-order chi connectivity index (χ0) is 23.2. The van der Waals surface area contributed by atoms with Gasteiger partial charge in [-0.1, -0.05) is 17.7 Å². The van der Waals surface area contributed by atoms with Crippen LogP contribution in [0.3, 0.4) is 0 Å². The molecule has 172 valence electrons. The van der Waals surface area contributed by atoms with E-state index < -0.39 is 5.91 Å². The first-order valence-corrected chi connectivity index (χ1v) is 11.6. The van der Waals surface area contributed by atoms with Gasteiger partial charge in [-0.25, -0.2) is 9.78 Å². The van der Waals surface area contributed by atoms with E-state index in [9.17, 15) is 14.4 Å². The van der Waals surface area contributed by atoms with Gasteiger partial charge in [0, 0.05) is 42.3 Å². The van der Waals surface area contributed by atoms with Gasteiger partial charge >= 0.3 is 6.03 Å². The van der Waals surface area contributed by atoms with Crippen LogP contribution >= 0.6 is 22.9 Å². The lowest BCUT2D eigenvalue weighted by atomic mass is 10.3. The molecule has 1 aliphatic rings. The van der Waals surface area contributed by atoms with Gasteiger partial charge in [0.25, 0.3) is 5.91 Å². The molecule has 0 saturated carbocycles. The Morgan fingerprint density at radius 2 is 1.88 bits per heavy atom. The Balaban J connectivity index is 1.28. The highest BCUT2D eigenvalue weighted by molar-refractivity contribution is 7.14. The molecule has 33 heavy (non-hydrogen) atoms. The van der Waals surface area contributed by atoms with Gasteiger partial charge in [0.2, 0.25) is 5.91 Å². The number of amides is 4. The number of carbonyl (C=O) groups excluding carboxylic acids is 3. The highest BCUT2D eigenvalue weighted by Gasteiger charge is 2.23. The quantitative estimate of drug-likeness (QED) is 0.566. The number of aromatic nitrogens is 1. The first-order chi connectivity index (χ1) is 16.0. The van der Waals surface area contributed by atoms with Crippen LogP contribution in [0.4, 0.5) is 15.6 Å². The molecule has 2 N–H and O–H groups in total. The van der Waals surface area contributed by atoms with Gasteiger partial charge in [-0.3, -0.25) is 14.9 Å². The molecular formula is C22H22ClN5O4S. The summed E-state index contributed by atoms with van der Waals surface area (Å²) in [5.41, 5.74) is 1.21. The molecule has 0 radical (unpaired) electrons. The molecule has 1 fully saturated rings. The minimum Gasteiger partial charge on any atom is -0.459 e. The molecule has 2 aromatic heterocycles. The third-order valence-electron chi connectivity index (χ3n) is 5.06. The molecular weight excluding hydrogens is 466 g/mol. The van der Waals surface area contributed by atoms with E-state index in [0.717, 1.165) is 0 Å². The lowest BCUT2D eigenvalue weighted by Gasteiger charge is -2.22. The van der Waals surface area contributed by atoms with E-state index in [4.69, 9.17) is 16.0 Å². The van der Waals surface area contributed by atoms with Gasteiger partial charge in [-0.05, 0) is 36.8 Å². The lowest BCUT2D eigenvalue weighted by molar-refractivity contribution is -0.130. The molecule has 1 aromatic carbocycles. The lowest BCUT2D eigenvalue weighted by Crippen LogP contribution is -2.39. The number of thiazole rings is 1. The van der Waals surface area contributed by atoms with Crippen molar-refractivity contribution in [3.05, 3.63) is 64.5 Å². The molecule has 1 saturated heterocycles. The van der Waals surface area contributed by atoms with Crippen molar-refractivity contribution in [1.29, 1.82) is 0 Å². The fraction of sp³-hybridized carbons (Fsp3) is 0.273. The minimum absolute atomic E-state index is 0.0682. The van der Waals surface area contributed by atoms with Gasteiger partial charge in [0.05, 0.1) is 18.4 Å². The summed E-state index contributed by atoms with van der Waals surface area (Å²) in [6, 6.07) is 9.94. The summed E-state index contributed by atoms with van der Waals surface area (Å²) in [4.78, 5) is 45.2. The van der Waals surface area contributed by atoms with Crippen LogP contribution in [-0.2, 0) is 11.2 Å². The molecule has 9 nitrogen and oxygen atoms in total. The van der Waals surface area contributed by atoms with Crippen LogP contribution in [0.5, 0.6) is 0 Å². The summed E-state index contributed by atoms with van der Waals surface area (Å²) in [5.74, 6) is -0.270. The Morgan fingerprint density at radius 3 is 2.67 bits per heavy atom. The Labute approximate surface area is 199 Å². The molecule has 4 rings (SSSR count). The first kappa shape index (κ1) is 22.8. The van der Waals surface area contributed by atoms with Gasteiger partial charge in [0.1, 0.15) is 0 Å². The Bertz CT molecular complexity index is 1130. The highest BCUT2D eigenvalue weighted by Crippen LogP contribution is 2.19. The van der Waals surface area contributed by atoms with Crippen molar-refractivity contribution >= 4 is 51.6 Å². The van der Waals surface area contributed by atoms with Crippen LogP contribution in [0.25, 0.3) is 0 Å². The number of nitrogens with one attached hydrogen (secondary N) is 2. The van der Waals surface area contributed by atoms with Gasteiger partial charge in [0.15, 0.2) is 10.9 Å². The number of carbonyl (C=O) groups is 3. The van der Waals surface area contributed by atoms with Crippen LogP contribution in [0.2, 0.25) is 5.02 Å². The summed E-state index contributed by atoms with van der Waals surface area (Å²) in [5, 5.41) is 8.20. The van der Waals surface area contributed by atoms with Crippen LogP contribution in [0, 0.1) is 0 Å². The third kappa shape index (κ3) is 6.11. The number of nitrogens with zero attached hydrogens (tertiary/aromatic N) is 3.